The first-order valence-electron chi connectivity index (χ1n) is 8.24. The molecule has 2 aromatic rings. The van der Waals surface area contributed by atoms with Gasteiger partial charge in [0.1, 0.15) is 5.75 Å². The molecule has 2 aromatic carbocycles. The van der Waals surface area contributed by atoms with Crippen molar-refractivity contribution in [2.24, 2.45) is 0 Å². The summed E-state index contributed by atoms with van der Waals surface area (Å²) in [5, 5.41) is 0. The van der Waals surface area contributed by atoms with Crippen LogP contribution in [0.3, 0.4) is 0 Å². The smallest absolute Gasteiger partial charge is 0.416 e. The van der Waals surface area contributed by atoms with E-state index in [9.17, 15) is 18.0 Å². The molecule has 0 radical (unpaired) electrons. The molecule has 0 saturated carbocycles. The number of hydrogen-bond donors (Lipinski definition) is 0. The summed E-state index contributed by atoms with van der Waals surface area (Å²) in [5.41, 5.74) is 0.287. The highest BCUT2D eigenvalue weighted by molar-refractivity contribution is 5.94. The van der Waals surface area contributed by atoms with Gasteiger partial charge in [-0.15, -0.1) is 0 Å². The van der Waals surface area contributed by atoms with Gasteiger partial charge in [0.15, 0.2) is 0 Å². The summed E-state index contributed by atoms with van der Waals surface area (Å²) in [4.78, 5) is 16.3. The molecule has 1 aliphatic heterocycles. The predicted molar refractivity (Wildman–Crippen MR) is 92.6 cm³/mol. The van der Waals surface area contributed by atoms with Crippen molar-refractivity contribution in [3.05, 3.63) is 59.7 Å². The molecule has 1 heterocycles. The monoisotopic (exact) mass is 364 g/mol. The molecule has 1 fully saturated rings. The Bertz CT molecular complexity index is 767. The molecule has 0 bridgehead atoms. The lowest BCUT2D eigenvalue weighted by Gasteiger charge is -2.36. The maximum Gasteiger partial charge on any atom is 0.416 e. The Labute approximate surface area is 149 Å². The number of anilines is 1. The fourth-order valence-corrected chi connectivity index (χ4v) is 2.97. The van der Waals surface area contributed by atoms with Crippen LogP contribution in [-0.4, -0.2) is 44.1 Å². The molecule has 3 rings (SSSR count). The van der Waals surface area contributed by atoms with E-state index in [1.54, 1.807) is 12.0 Å². The summed E-state index contributed by atoms with van der Waals surface area (Å²) in [6.07, 6.45) is -4.46. The number of rotatable bonds is 3. The van der Waals surface area contributed by atoms with Crippen LogP contribution in [-0.2, 0) is 6.18 Å². The number of carbonyl (C=O) groups is 1. The zero-order valence-electron chi connectivity index (χ0n) is 14.3. The van der Waals surface area contributed by atoms with E-state index in [4.69, 9.17) is 4.74 Å². The topological polar surface area (TPSA) is 32.8 Å². The third-order valence-corrected chi connectivity index (χ3v) is 4.44. The van der Waals surface area contributed by atoms with Crippen molar-refractivity contribution in [3.63, 3.8) is 0 Å². The molecule has 1 amide bonds. The van der Waals surface area contributed by atoms with E-state index in [0.29, 0.717) is 26.2 Å². The minimum atomic E-state index is -4.46. The van der Waals surface area contributed by atoms with E-state index in [1.807, 2.05) is 24.3 Å². The van der Waals surface area contributed by atoms with E-state index < -0.39 is 11.7 Å². The Morgan fingerprint density at radius 1 is 1.00 bits per heavy atom. The van der Waals surface area contributed by atoms with Crippen LogP contribution in [0.5, 0.6) is 5.75 Å². The van der Waals surface area contributed by atoms with Gasteiger partial charge in [0, 0.05) is 37.4 Å². The molecule has 0 atom stereocenters. The molecule has 0 aromatic heterocycles. The minimum Gasteiger partial charge on any atom is -0.497 e. The number of ether oxygens (including phenoxy) is 1. The number of carbonyl (C=O) groups excluding carboxylic acids is 1. The van der Waals surface area contributed by atoms with E-state index >= 15 is 0 Å². The third-order valence-electron chi connectivity index (χ3n) is 4.44. The van der Waals surface area contributed by atoms with Crippen molar-refractivity contribution in [1.29, 1.82) is 0 Å². The van der Waals surface area contributed by atoms with Crippen LogP contribution in [0.4, 0.5) is 18.9 Å². The van der Waals surface area contributed by atoms with Crippen molar-refractivity contribution in [3.8, 4) is 5.75 Å². The second-order valence-corrected chi connectivity index (χ2v) is 6.06. The van der Waals surface area contributed by atoms with Gasteiger partial charge in [-0.1, -0.05) is 6.07 Å². The van der Waals surface area contributed by atoms with Crippen LogP contribution >= 0.6 is 0 Å². The van der Waals surface area contributed by atoms with E-state index in [1.165, 1.54) is 12.1 Å². The van der Waals surface area contributed by atoms with Crippen molar-refractivity contribution in [1.82, 2.24) is 4.90 Å². The van der Waals surface area contributed by atoms with Crippen LogP contribution in [0, 0.1) is 0 Å². The lowest BCUT2D eigenvalue weighted by Crippen LogP contribution is -2.48. The predicted octanol–water partition coefficient (Wildman–Crippen LogP) is 3.68. The standard InChI is InChI=1S/C19H19F3N2O2/c1-26-17-7-5-16(6-8-17)23-9-11-24(12-10-23)18(25)14-3-2-4-15(13-14)19(20,21)22/h2-8,13H,9-12H2,1H3. The number of amides is 1. The lowest BCUT2D eigenvalue weighted by atomic mass is 10.1. The number of halogens is 3. The summed E-state index contributed by atoms with van der Waals surface area (Å²) in [5.74, 6) is 0.401. The average Bonchev–Trinajstić information content (AvgIpc) is 2.67. The molecule has 0 spiro atoms. The van der Waals surface area contributed by atoms with Gasteiger partial charge in [0.2, 0.25) is 0 Å². The maximum atomic E-state index is 12.8. The van der Waals surface area contributed by atoms with Crippen LogP contribution in [0.25, 0.3) is 0 Å². The molecule has 1 saturated heterocycles. The summed E-state index contributed by atoms with van der Waals surface area (Å²) in [6, 6.07) is 12.2. The number of piperazine rings is 1. The van der Waals surface area contributed by atoms with E-state index in [2.05, 4.69) is 4.90 Å². The summed E-state index contributed by atoms with van der Waals surface area (Å²) < 4.78 is 43.6. The Morgan fingerprint density at radius 2 is 1.65 bits per heavy atom. The van der Waals surface area contributed by atoms with E-state index in [0.717, 1.165) is 23.6 Å². The van der Waals surface area contributed by atoms with Crippen molar-refractivity contribution >= 4 is 11.6 Å². The van der Waals surface area contributed by atoms with Gasteiger partial charge >= 0.3 is 6.18 Å². The lowest BCUT2D eigenvalue weighted by molar-refractivity contribution is -0.137. The molecule has 0 aliphatic carbocycles. The second kappa shape index (κ2) is 7.27. The maximum absolute atomic E-state index is 12.8. The number of alkyl halides is 3. The van der Waals surface area contributed by atoms with Gasteiger partial charge in [0.05, 0.1) is 12.7 Å². The molecule has 26 heavy (non-hydrogen) atoms. The highest BCUT2D eigenvalue weighted by Crippen LogP contribution is 2.30. The summed E-state index contributed by atoms with van der Waals surface area (Å²) in [6.45, 7) is 2.16. The van der Waals surface area contributed by atoms with Crippen molar-refractivity contribution < 1.29 is 22.7 Å². The molecule has 138 valence electrons. The Morgan fingerprint density at radius 3 is 2.23 bits per heavy atom. The molecule has 7 heteroatoms. The van der Waals surface area contributed by atoms with Gasteiger partial charge in [-0.2, -0.15) is 13.2 Å². The van der Waals surface area contributed by atoms with Gasteiger partial charge in [0.25, 0.3) is 5.91 Å². The van der Waals surface area contributed by atoms with Gasteiger partial charge in [-0.25, -0.2) is 0 Å². The quantitative estimate of drug-likeness (QED) is 0.833. The van der Waals surface area contributed by atoms with Crippen LogP contribution in [0.2, 0.25) is 0 Å². The number of hydrogen-bond acceptors (Lipinski definition) is 3. The Hall–Kier alpha value is -2.70. The largest absolute Gasteiger partial charge is 0.497 e. The third kappa shape index (κ3) is 3.92. The van der Waals surface area contributed by atoms with Crippen molar-refractivity contribution in [2.45, 2.75) is 6.18 Å². The zero-order valence-corrected chi connectivity index (χ0v) is 14.3. The molecule has 1 aliphatic rings. The first-order chi connectivity index (χ1) is 12.4. The molecule has 0 unspecified atom stereocenters. The zero-order chi connectivity index (χ0) is 18.7. The van der Waals surface area contributed by atoms with Crippen LogP contribution < -0.4 is 9.64 Å². The van der Waals surface area contributed by atoms with Crippen LogP contribution in [0.1, 0.15) is 15.9 Å². The van der Waals surface area contributed by atoms with Gasteiger partial charge in [-0.05, 0) is 42.5 Å². The highest BCUT2D eigenvalue weighted by atomic mass is 19.4. The highest BCUT2D eigenvalue weighted by Gasteiger charge is 2.31. The Balaban J connectivity index is 1.65. The number of benzene rings is 2. The SMILES string of the molecule is COc1ccc(N2CCN(C(=O)c3cccc(C(F)(F)F)c3)CC2)cc1. The summed E-state index contributed by atoms with van der Waals surface area (Å²) in [7, 11) is 1.60. The van der Waals surface area contributed by atoms with E-state index in [-0.39, 0.29) is 11.5 Å². The Kier molecular flexibility index (Phi) is 5.06. The van der Waals surface area contributed by atoms with Crippen molar-refractivity contribution in [2.75, 3.05) is 38.2 Å². The molecular weight excluding hydrogens is 345 g/mol. The van der Waals surface area contributed by atoms with Crippen LogP contribution in [0.15, 0.2) is 48.5 Å². The second-order valence-electron chi connectivity index (χ2n) is 6.06. The van der Waals surface area contributed by atoms with Gasteiger partial charge < -0.3 is 14.5 Å². The average molecular weight is 364 g/mol. The fraction of sp³-hybridized carbons (Fsp3) is 0.316. The molecular formula is C19H19F3N2O2. The van der Waals surface area contributed by atoms with Gasteiger partial charge in [-0.3, -0.25) is 4.79 Å². The first kappa shape index (κ1) is 18.1. The normalized spacial score (nSPS) is 15.1. The number of methoxy groups -OCH3 is 1. The number of nitrogens with zero attached hydrogens (tertiary/aromatic N) is 2. The first-order valence-corrected chi connectivity index (χ1v) is 8.24. The summed E-state index contributed by atoms with van der Waals surface area (Å²) >= 11 is 0. The molecule has 0 N–H and O–H groups in total. The fourth-order valence-electron chi connectivity index (χ4n) is 2.97. The minimum absolute atomic E-state index is 0.0673. The molecule has 4 nitrogen and oxygen atoms in total.